The molecule has 0 unspecified atom stereocenters. The standard InChI is InChI=1S/C10H12F3NO/c1-15-9(6-14)7-4-2-3-5-8(7)10(11,12)13/h2-5,9H,6,14H2,1H3/t9-/m1/s1. The van der Waals surface area contributed by atoms with Gasteiger partial charge >= 0.3 is 6.18 Å². The largest absolute Gasteiger partial charge is 0.416 e. The maximum absolute atomic E-state index is 12.6. The molecule has 0 bridgehead atoms. The summed E-state index contributed by atoms with van der Waals surface area (Å²) >= 11 is 0. The fourth-order valence-corrected chi connectivity index (χ4v) is 1.39. The SMILES string of the molecule is CO[C@H](CN)c1ccccc1C(F)(F)F. The molecule has 84 valence electrons. The van der Waals surface area contributed by atoms with Gasteiger partial charge in [0.2, 0.25) is 0 Å². The van der Waals surface area contributed by atoms with Crippen molar-refractivity contribution in [3.05, 3.63) is 35.4 Å². The second kappa shape index (κ2) is 4.63. The van der Waals surface area contributed by atoms with Gasteiger partial charge < -0.3 is 10.5 Å². The van der Waals surface area contributed by atoms with E-state index in [0.29, 0.717) is 0 Å². The van der Waals surface area contributed by atoms with E-state index < -0.39 is 17.8 Å². The lowest BCUT2D eigenvalue weighted by molar-refractivity contribution is -0.139. The molecule has 0 amide bonds. The maximum atomic E-state index is 12.6. The zero-order valence-electron chi connectivity index (χ0n) is 8.21. The van der Waals surface area contributed by atoms with Gasteiger partial charge in [0.05, 0.1) is 11.7 Å². The zero-order valence-corrected chi connectivity index (χ0v) is 8.21. The molecular formula is C10H12F3NO. The highest BCUT2D eigenvalue weighted by Crippen LogP contribution is 2.34. The van der Waals surface area contributed by atoms with E-state index in [1.165, 1.54) is 25.3 Å². The summed E-state index contributed by atoms with van der Waals surface area (Å²) in [6.07, 6.45) is -5.09. The van der Waals surface area contributed by atoms with Crippen LogP contribution >= 0.6 is 0 Å². The highest BCUT2D eigenvalue weighted by molar-refractivity contribution is 5.31. The Hall–Kier alpha value is -1.07. The Morgan fingerprint density at radius 3 is 2.40 bits per heavy atom. The van der Waals surface area contributed by atoms with Crippen LogP contribution in [0, 0.1) is 0 Å². The molecule has 0 aromatic heterocycles. The highest BCUT2D eigenvalue weighted by atomic mass is 19.4. The van der Waals surface area contributed by atoms with E-state index in [9.17, 15) is 13.2 Å². The van der Waals surface area contributed by atoms with Crippen molar-refractivity contribution in [2.45, 2.75) is 12.3 Å². The Morgan fingerprint density at radius 1 is 1.33 bits per heavy atom. The molecular weight excluding hydrogens is 207 g/mol. The van der Waals surface area contributed by atoms with Crippen molar-refractivity contribution in [3.8, 4) is 0 Å². The third kappa shape index (κ3) is 2.70. The highest BCUT2D eigenvalue weighted by Gasteiger charge is 2.34. The fourth-order valence-electron chi connectivity index (χ4n) is 1.39. The lowest BCUT2D eigenvalue weighted by Gasteiger charge is -2.18. The van der Waals surface area contributed by atoms with Gasteiger partial charge in [-0.2, -0.15) is 13.2 Å². The molecule has 15 heavy (non-hydrogen) atoms. The summed E-state index contributed by atoms with van der Waals surface area (Å²) in [5, 5.41) is 0. The minimum atomic E-state index is -4.37. The number of halogens is 3. The maximum Gasteiger partial charge on any atom is 0.416 e. The van der Waals surface area contributed by atoms with E-state index in [4.69, 9.17) is 10.5 Å². The van der Waals surface area contributed by atoms with E-state index in [-0.39, 0.29) is 12.1 Å². The topological polar surface area (TPSA) is 35.2 Å². The van der Waals surface area contributed by atoms with Crippen molar-refractivity contribution in [1.82, 2.24) is 0 Å². The van der Waals surface area contributed by atoms with Crippen LogP contribution in [0.1, 0.15) is 17.2 Å². The van der Waals surface area contributed by atoms with Crippen LogP contribution in [0.15, 0.2) is 24.3 Å². The van der Waals surface area contributed by atoms with Gasteiger partial charge in [0.15, 0.2) is 0 Å². The first-order valence-electron chi connectivity index (χ1n) is 4.39. The quantitative estimate of drug-likeness (QED) is 0.846. The van der Waals surface area contributed by atoms with Gasteiger partial charge in [-0.25, -0.2) is 0 Å². The van der Waals surface area contributed by atoms with E-state index >= 15 is 0 Å². The molecule has 0 saturated heterocycles. The summed E-state index contributed by atoms with van der Waals surface area (Å²) in [4.78, 5) is 0. The molecule has 1 atom stereocenters. The van der Waals surface area contributed by atoms with Crippen LogP contribution in [0.3, 0.4) is 0 Å². The van der Waals surface area contributed by atoms with Crippen LogP contribution < -0.4 is 5.73 Å². The minimum Gasteiger partial charge on any atom is -0.375 e. The Labute approximate surface area is 85.8 Å². The second-order valence-electron chi connectivity index (χ2n) is 3.05. The number of hydrogen-bond acceptors (Lipinski definition) is 2. The molecule has 0 radical (unpaired) electrons. The molecule has 0 spiro atoms. The normalized spacial score (nSPS) is 13.9. The van der Waals surface area contributed by atoms with Gasteiger partial charge in [0.1, 0.15) is 0 Å². The van der Waals surface area contributed by atoms with Crippen molar-refractivity contribution in [2.24, 2.45) is 5.73 Å². The predicted octanol–water partition coefficient (Wildman–Crippen LogP) is 2.35. The van der Waals surface area contributed by atoms with Crippen LogP contribution in [-0.2, 0) is 10.9 Å². The average molecular weight is 219 g/mol. The number of alkyl halides is 3. The van der Waals surface area contributed by atoms with E-state index in [0.717, 1.165) is 6.07 Å². The number of nitrogens with two attached hydrogens (primary N) is 1. The number of benzene rings is 1. The zero-order chi connectivity index (χ0) is 11.5. The lowest BCUT2D eigenvalue weighted by atomic mass is 10.0. The van der Waals surface area contributed by atoms with Gasteiger partial charge in [-0.3, -0.25) is 0 Å². The molecule has 0 aliphatic heterocycles. The molecule has 0 aliphatic rings. The number of hydrogen-bond donors (Lipinski definition) is 1. The molecule has 0 aliphatic carbocycles. The third-order valence-corrected chi connectivity index (χ3v) is 2.11. The van der Waals surface area contributed by atoms with Crippen molar-refractivity contribution in [2.75, 3.05) is 13.7 Å². The van der Waals surface area contributed by atoms with E-state index in [1.54, 1.807) is 0 Å². The molecule has 1 aromatic rings. The van der Waals surface area contributed by atoms with Gasteiger partial charge in [0, 0.05) is 13.7 Å². The third-order valence-electron chi connectivity index (χ3n) is 2.11. The number of methoxy groups -OCH3 is 1. The second-order valence-corrected chi connectivity index (χ2v) is 3.05. The van der Waals surface area contributed by atoms with E-state index in [2.05, 4.69) is 0 Å². The Kier molecular flexibility index (Phi) is 3.71. The van der Waals surface area contributed by atoms with Crippen molar-refractivity contribution in [1.29, 1.82) is 0 Å². The summed E-state index contributed by atoms with van der Waals surface area (Å²) in [7, 11) is 1.34. The Balaban J connectivity index is 3.17. The fraction of sp³-hybridized carbons (Fsp3) is 0.400. The van der Waals surface area contributed by atoms with Crippen LogP contribution in [0.5, 0.6) is 0 Å². The first-order valence-corrected chi connectivity index (χ1v) is 4.39. The van der Waals surface area contributed by atoms with Crippen LogP contribution in [0.2, 0.25) is 0 Å². The first kappa shape index (κ1) is 12.0. The summed E-state index contributed by atoms with van der Waals surface area (Å²) in [5.41, 5.74) is 4.72. The number of rotatable bonds is 3. The lowest BCUT2D eigenvalue weighted by Crippen LogP contribution is -2.19. The molecule has 1 aromatic carbocycles. The monoisotopic (exact) mass is 219 g/mol. The van der Waals surface area contributed by atoms with Crippen molar-refractivity contribution in [3.63, 3.8) is 0 Å². The van der Waals surface area contributed by atoms with Gasteiger partial charge in [-0.15, -0.1) is 0 Å². The van der Waals surface area contributed by atoms with Crippen LogP contribution in [-0.4, -0.2) is 13.7 Å². The van der Waals surface area contributed by atoms with Crippen LogP contribution in [0.25, 0.3) is 0 Å². The summed E-state index contributed by atoms with van der Waals surface area (Å²) in [5.74, 6) is 0. The molecule has 2 N–H and O–H groups in total. The van der Waals surface area contributed by atoms with E-state index in [1.807, 2.05) is 0 Å². The van der Waals surface area contributed by atoms with Gasteiger partial charge in [-0.05, 0) is 11.6 Å². The first-order chi connectivity index (χ1) is 7.00. The van der Waals surface area contributed by atoms with Gasteiger partial charge in [-0.1, -0.05) is 18.2 Å². The summed E-state index contributed by atoms with van der Waals surface area (Å²) < 4.78 is 42.7. The van der Waals surface area contributed by atoms with Gasteiger partial charge in [0.25, 0.3) is 0 Å². The minimum absolute atomic E-state index is 0.0175. The predicted molar refractivity (Wildman–Crippen MR) is 50.2 cm³/mol. The summed E-state index contributed by atoms with van der Waals surface area (Å²) in [6, 6.07) is 5.28. The molecule has 1 rings (SSSR count). The molecule has 2 nitrogen and oxygen atoms in total. The summed E-state index contributed by atoms with van der Waals surface area (Å²) in [6.45, 7) is 0.0175. The molecule has 0 heterocycles. The molecule has 0 saturated carbocycles. The average Bonchev–Trinajstić information content (AvgIpc) is 2.19. The molecule has 5 heteroatoms. The Morgan fingerprint density at radius 2 is 1.93 bits per heavy atom. The van der Waals surface area contributed by atoms with Crippen LogP contribution in [0.4, 0.5) is 13.2 Å². The molecule has 0 fully saturated rings. The smallest absolute Gasteiger partial charge is 0.375 e. The van der Waals surface area contributed by atoms with Crippen molar-refractivity contribution < 1.29 is 17.9 Å². The number of ether oxygens (including phenoxy) is 1. The Bertz CT molecular complexity index is 321. The van der Waals surface area contributed by atoms with Crippen molar-refractivity contribution >= 4 is 0 Å².